The summed E-state index contributed by atoms with van der Waals surface area (Å²) in [4.78, 5) is 38.1. The zero-order valence-electron chi connectivity index (χ0n) is 18.3. The number of ether oxygens (including phenoxy) is 2. The average molecular weight is 460 g/mol. The van der Waals surface area contributed by atoms with Gasteiger partial charge in [0.25, 0.3) is 17.4 Å². The molecule has 0 aliphatic carbocycles. The van der Waals surface area contributed by atoms with Gasteiger partial charge < -0.3 is 14.6 Å². The van der Waals surface area contributed by atoms with Crippen molar-refractivity contribution in [2.75, 3.05) is 19.1 Å². The molecule has 0 aromatic heterocycles. The Morgan fingerprint density at radius 2 is 1.65 bits per heavy atom. The predicted molar refractivity (Wildman–Crippen MR) is 124 cm³/mol. The summed E-state index contributed by atoms with van der Waals surface area (Å²) in [6.45, 7) is 0. The van der Waals surface area contributed by atoms with Crippen LogP contribution in [0.15, 0.2) is 78.4 Å². The summed E-state index contributed by atoms with van der Waals surface area (Å²) < 4.78 is 10.8. The number of ketones is 1. The minimum absolute atomic E-state index is 0.161. The van der Waals surface area contributed by atoms with Gasteiger partial charge in [-0.05, 0) is 36.4 Å². The van der Waals surface area contributed by atoms with Gasteiger partial charge >= 0.3 is 0 Å². The van der Waals surface area contributed by atoms with Crippen LogP contribution in [0.5, 0.6) is 11.5 Å². The number of aliphatic hydroxyl groups is 1. The van der Waals surface area contributed by atoms with Crippen molar-refractivity contribution in [3.8, 4) is 11.5 Å². The van der Waals surface area contributed by atoms with E-state index in [4.69, 9.17) is 9.47 Å². The van der Waals surface area contributed by atoms with Crippen LogP contribution in [-0.4, -0.2) is 35.9 Å². The van der Waals surface area contributed by atoms with Crippen molar-refractivity contribution in [1.82, 2.24) is 0 Å². The molecule has 0 radical (unpaired) electrons. The quantitative estimate of drug-likeness (QED) is 0.192. The van der Waals surface area contributed by atoms with Crippen LogP contribution in [0.4, 0.5) is 11.4 Å². The Kier molecular flexibility index (Phi) is 6.01. The van der Waals surface area contributed by atoms with E-state index in [1.165, 1.54) is 43.4 Å². The van der Waals surface area contributed by atoms with Crippen LogP contribution in [0.3, 0.4) is 0 Å². The van der Waals surface area contributed by atoms with Gasteiger partial charge in [-0.15, -0.1) is 0 Å². The number of Topliss-reactive ketones (excluding diaryl/α,β-unsaturated/α-hetero) is 1. The molecule has 9 nitrogen and oxygen atoms in total. The van der Waals surface area contributed by atoms with Gasteiger partial charge in [-0.3, -0.25) is 24.6 Å². The third-order valence-corrected chi connectivity index (χ3v) is 5.57. The second-order valence-corrected chi connectivity index (χ2v) is 7.42. The number of nitro groups is 1. The van der Waals surface area contributed by atoms with Crippen LogP contribution < -0.4 is 14.4 Å². The lowest BCUT2D eigenvalue weighted by Crippen LogP contribution is -2.29. The summed E-state index contributed by atoms with van der Waals surface area (Å²) in [6, 6.07) is 17.6. The molecule has 4 rings (SSSR count). The largest absolute Gasteiger partial charge is 0.507 e. The summed E-state index contributed by atoms with van der Waals surface area (Å²) >= 11 is 0. The Balaban J connectivity index is 1.96. The Labute approximate surface area is 194 Å². The molecule has 0 spiro atoms. The lowest BCUT2D eigenvalue weighted by Gasteiger charge is -2.26. The fraction of sp³-hybridized carbons (Fsp3) is 0.120. The summed E-state index contributed by atoms with van der Waals surface area (Å²) in [5, 5.41) is 22.1. The molecule has 1 atom stereocenters. The van der Waals surface area contributed by atoms with Gasteiger partial charge in [0.1, 0.15) is 17.3 Å². The monoisotopic (exact) mass is 460 g/mol. The number of methoxy groups -OCH3 is 2. The van der Waals surface area contributed by atoms with Crippen molar-refractivity contribution in [2.24, 2.45) is 0 Å². The van der Waals surface area contributed by atoms with Crippen LogP contribution in [0, 0.1) is 10.1 Å². The molecule has 0 unspecified atom stereocenters. The number of nitro benzene ring substituents is 1. The fourth-order valence-electron chi connectivity index (χ4n) is 3.92. The van der Waals surface area contributed by atoms with Gasteiger partial charge in [0.2, 0.25) is 0 Å². The maximum Gasteiger partial charge on any atom is 0.300 e. The second kappa shape index (κ2) is 9.07. The summed E-state index contributed by atoms with van der Waals surface area (Å²) in [5.74, 6) is -1.30. The van der Waals surface area contributed by atoms with Crippen LogP contribution in [0.2, 0.25) is 0 Å². The Hall–Kier alpha value is -4.66. The van der Waals surface area contributed by atoms with Crippen molar-refractivity contribution < 1.29 is 29.1 Å². The van der Waals surface area contributed by atoms with E-state index in [1.54, 1.807) is 48.5 Å². The van der Waals surface area contributed by atoms with E-state index < -0.39 is 28.4 Å². The molecule has 1 heterocycles. The zero-order chi connectivity index (χ0) is 24.4. The number of rotatable bonds is 6. The van der Waals surface area contributed by atoms with Crippen molar-refractivity contribution in [2.45, 2.75) is 6.04 Å². The zero-order valence-corrected chi connectivity index (χ0v) is 18.3. The number of hydrogen-bond donors (Lipinski definition) is 1. The van der Waals surface area contributed by atoms with Crippen LogP contribution in [0.25, 0.3) is 5.76 Å². The molecular weight excluding hydrogens is 440 g/mol. The molecule has 3 aromatic rings. The van der Waals surface area contributed by atoms with Crippen molar-refractivity contribution in [3.63, 3.8) is 0 Å². The van der Waals surface area contributed by atoms with E-state index in [-0.39, 0.29) is 16.8 Å². The van der Waals surface area contributed by atoms with Gasteiger partial charge in [-0.1, -0.05) is 18.2 Å². The number of aliphatic hydroxyl groups excluding tert-OH is 1. The molecule has 34 heavy (non-hydrogen) atoms. The Morgan fingerprint density at radius 3 is 2.24 bits per heavy atom. The first-order valence-corrected chi connectivity index (χ1v) is 10.2. The summed E-state index contributed by atoms with van der Waals surface area (Å²) in [5.41, 5.74) is 0.736. The van der Waals surface area contributed by atoms with Gasteiger partial charge in [0.05, 0.1) is 30.8 Å². The van der Waals surface area contributed by atoms with E-state index >= 15 is 0 Å². The predicted octanol–water partition coefficient (Wildman–Crippen LogP) is 4.24. The second-order valence-electron chi connectivity index (χ2n) is 7.42. The van der Waals surface area contributed by atoms with Gasteiger partial charge in [-0.2, -0.15) is 0 Å². The van der Waals surface area contributed by atoms with Crippen molar-refractivity contribution in [3.05, 3.63) is 99.6 Å². The molecule has 1 amide bonds. The standard InChI is InChI=1S/C25H20N2O7/c1-33-18-12-13-19(20(14-18)34-2)22-21(23(28)15-8-10-17(11-9-15)27(31)32)24(29)25(30)26(22)16-6-4-3-5-7-16/h3-14,22,28H,1-2H3/b23-21+/t22-/m1/s1. The number of nitrogens with zero attached hydrogens (tertiary/aromatic N) is 2. The van der Waals surface area contributed by atoms with Gasteiger partial charge in [0, 0.05) is 35.0 Å². The highest BCUT2D eigenvalue weighted by atomic mass is 16.6. The van der Waals surface area contributed by atoms with E-state index in [0.29, 0.717) is 22.7 Å². The molecule has 1 saturated heterocycles. The van der Waals surface area contributed by atoms with Crippen LogP contribution in [-0.2, 0) is 9.59 Å². The van der Waals surface area contributed by atoms with Gasteiger partial charge in [0.15, 0.2) is 0 Å². The smallest absolute Gasteiger partial charge is 0.300 e. The lowest BCUT2D eigenvalue weighted by atomic mass is 9.94. The maximum absolute atomic E-state index is 13.2. The lowest BCUT2D eigenvalue weighted by molar-refractivity contribution is -0.384. The topological polar surface area (TPSA) is 119 Å². The van der Waals surface area contributed by atoms with Crippen molar-refractivity contribution >= 4 is 28.8 Å². The van der Waals surface area contributed by atoms with Crippen LogP contribution in [0.1, 0.15) is 17.2 Å². The third-order valence-electron chi connectivity index (χ3n) is 5.57. The Morgan fingerprint density at radius 1 is 0.971 bits per heavy atom. The van der Waals surface area contributed by atoms with E-state index in [1.807, 2.05) is 0 Å². The summed E-state index contributed by atoms with van der Waals surface area (Å²) in [7, 11) is 2.95. The first-order valence-electron chi connectivity index (χ1n) is 10.2. The van der Waals surface area contributed by atoms with E-state index in [2.05, 4.69) is 0 Å². The first-order chi connectivity index (χ1) is 16.4. The number of anilines is 1. The number of carbonyl (C=O) groups is 2. The SMILES string of the molecule is COc1ccc([C@@H]2/C(=C(\O)c3ccc([N+](=O)[O-])cc3)C(=O)C(=O)N2c2ccccc2)c(OC)c1. The number of carbonyl (C=O) groups excluding carboxylic acids is 2. The number of para-hydroxylation sites is 1. The van der Waals surface area contributed by atoms with E-state index in [9.17, 15) is 24.8 Å². The Bertz CT molecular complexity index is 1300. The fourth-order valence-corrected chi connectivity index (χ4v) is 3.92. The normalized spacial score (nSPS) is 17.0. The molecular formula is C25H20N2O7. The highest BCUT2D eigenvalue weighted by Gasteiger charge is 2.48. The number of hydrogen-bond acceptors (Lipinski definition) is 7. The molecule has 1 fully saturated rings. The third kappa shape index (κ3) is 3.83. The van der Waals surface area contributed by atoms with Crippen molar-refractivity contribution in [1.29, 1.82) is 0 Å². The first kappa shape index (κ1) is 22.5. The van der Waals surface area contributed by atoms with E-state index in [0.717, 1.165) is 0 Å². The summed E-state index contributed by atoms with van der Waals surface area (Å²) in [6.07, 6.45) is 0. The minimum Gasteiger partial charge on any atom is -0.507 e. The molecule has 1 aliphatic rings. The molecule has 1 N–H and O–H groups in total. The molecule has 3 aromatic carbocycles. The highest BCUT2D eigenvalue weighted by Crippen LogP contribution is 2.45. The highest BCUT2D eigenvalue weighted by molar-refractivity contribution is 6.51. The minimum atomic E-state index is -1.02. The number of benzene rings is 3. The molecule has 0 bridgehead atoms. The molecule has 9 heteroatoms. The number of amides is 1. The van der Waals surface area contributed by atoms with Gasteiger partial charge in [-0.25, -0.2) is 0 Å². The molecule has 1 aliphatic heterocycles. The molecule has 172 valence electrons. The molecule has 0 saturated carbocycles. The maximum atomic E-state index is 13.2. The average Bonchev–Trinajstić information content (AvgIpc) is 3.13. The number of non-ortho nitro benzene ring substituents is 1. The van der Waals surface area contributed by atoms with Crippen LogP contribution >= 0.6 is 0 Å².